The van der Waals surface area contributed by atoms with Crippen molar-refractivity contribution in [3.8, 4) is 0 Å². The summed E-state index contributed by atoms with van der Waals surface area (Å²) in [6.07, 6.45) is 0. The van der Waals surface area contributed by atoms with E-state index in [2.05, 4.69) is 9.78 Å². The van der Waals surface area contributed by atoms with Crippen LogP contribution in [0.25, 0.3) is 0 Å². The first-order chi connectivity index (χ1) is 11.4. The van der Waals surface area contributed by atoms with E-state index >= 15 is 0 Å². The molecule has 0 aromatic heterocycles. The van der Waals surface area contributed by atoms with Gasteiger partial charge in [-0.2, -0.15) is 0 Å². The van der Waals surface area contributed by atoms with Crippen LogP contribution >= 0.6 is 0 Å². The van der Waals surface area contributed by atoms with Crippen molar-refractivity contribution in [2.24, 2.45) is 0 Å². The lowest BCUT2D eigenvalue weighted by Gasteiger charge is -2.26. The average molecular weight is 353 g/mol. The monoisotopic (exact) mass is 353 g/mol. The molecule has 0 bridgehead atoms. The van der Waals surface area contributed by atoms with E-state index in [9.17, 15) is 9.59 Å². The Balaban J connectivity index is 4.19. The highest BCUT2D eigenvalue weighted by molar-refractivity contribution is 5.72. The van der Waals surface area contributed by atoms with Crippen molar-refractivity contribution < 1.29 is 40.1 Å². The maximum Gasteiger partial charge on any atom is 0.317 e. The van der Waals surface area contributed by atoms with Crippen LogP contribution in [0.15, 0.2) is 0 Å². The van der Waals surface area contributed by atoms with E-state index in [1.807, 2.05) is 16.8 Å². The van der Waals surface area contributed by atoms with Gasteiger partial charge in [0.05, 0.1) is 26.3 Å². The maximum atomic E-state index is 10.7. The fraction of sp³-hybridized carbons (Fsp3) is 0.846. The van der Waals surface area contributed by atoms with Gasteiger partial charge in [0.2, 0.25) is 0 Å². The predicted octanol–water partition coefficient (Wildman–Crippen LogP) is -1.33. The lowest BCUT2D eigenvalue weighted by Crippen LogP contribution is -2.42. The van der Waals surface area contributed by atoms with E-state index < -0.39 is 11.9 Å². The zero-order chi connectivity index (χ0) is 18.4. The molecule has 0 rings (SSSR count). The number of hydrogen-bond acceptors (Lipinski definition) is 9. The maximum absolute atomic E-state index is 10.7. The fourth-order valence-electron chi connectivity index (χ4n) is 2.01. The van der Waals surface area contributed by atoms with E-state index in [0.29, 0.717) is 39.3 Å². The highest BCUT2D eigenvalue weighted by atomic mass is 17.1. The first-order valence-corrected chi connectivity index (χ1v) is 7.48. The van der Waals surface area contributed by atoms with Crippen LogP contribution in [-0.2, 0) is 19.4 Å². The van der Waals surface area contributed by atoms with E-state index in [1.165, 1.54) is 4.90 Å². The van der Waals surface area contributed by atoms with Crippen LogP contribution in [0.1, 0.15) is 0 Å². The standard InChI is InChI=1S/C13H27N3O8/c1-14(2-4-15(6-8-23-21)7-9-24-22)3-5-16(10-12(17)18)11-13(19)20/h21-22H,2-11H2,1H3,(H,17,18)(H,19,20). The molecule has 0 aromatic rings. The van der Waals surface area contributed by atoms with Gasteiger partial charge in [-0.15, -0.1) is 0 Å². The summed E-state index contributed by atoms with van der Waals surface area (Å²) in [5.41, 5.74) is 0. The van der Waals surface area contributed by atoms with Gasteiger partial charge in [0, 0.05) is 39.3 Å². The Hall–Kier alpha value is -1.34. The molecule has 0 aliphatic heterocycles. The van der Waals surface area contributed by atoms with Gasteiger partial charge in [-0.3, -0.25) is 29.9 Å². The zero-order valence-corrected chi connectivity index (χ0v) is 13.8. The summed E-state index contributed by atoms with van der Waals surface area (Å²) in [5.74, 6) is -2.14. The van der Waals surface area contributed by atoms with Crippen LogP contribution in [0.3, 0.4) is 0 Å². The highest BCUT2D eigenvalue weighted by Gasteiger charge is 2.14. The Morgan fingerprint density at radius 1 is 0.750 bits per heavy atom. The molecule has 142 valence electrons. The third-order valence-electron chi connectivity index (χ3n) is 3.31. The van der Waals surface area contributed by atoms with Crippen molar-refractivity contribution in [3.63, 3.8) is 0 Å². The lowest BCUT2D eigenvalue weighted by molar-refractivity contribution is -0.251. The van der Waals surface area contributed by atoms with Gasteiger partial charge < -0.3 is 15.1 Å². The second-order valence-corrected chi connectivity index (χ2v) is 5.31. The van der Waals surface area contributed by atoms with Crippen molar-refractivity contribution in [1.29, 1.82) is 0 Å². The topological polar surface area (TPSA) is 143 Å². The van der Waals surface area contributed by atoms with Crippen molar-refractivity contribution in [3.05, 3.63) is 0 Å². The summed E-state index contributed by atoms with van der Waals surface area (Å²) in [6.45, 7) is 2.57. The average Bonchev–Trinajstić information content (AvgIpc) is 2.50. The van der Waals surface area contributed by atoms with Gasteiger partial charge in [0.15, 0.2) is 0 Å². The third-order valence-corrected chi connectivity index (χ3v) is 3.31. The second kappa shape index (κ2) is 14.0. The number of carboxylic acids is 2. The molecular formula is C13H27N3O8. The molecule has 0 aliphatic carbocycles. The molecule has 0 atom stereocenters. The van der Waals surface area contributed by atoms with Crippen LogP contribution in [0.5, 0.6) is 0 Å². The van der Waals surface area contributed by atoms with Gasteiger partial charge in [-0.25, -0.2) is 9.78 Å². The Morgan fingerprint density at radius 3 is 1.54 bits per heavy atom. The lowest BCUT2D eigenvalue weighted by atomic mass is 10.4. The van der Waals surface area contributed by atoms with Gasteiger partial charge in [-0.1, -0.05) is 0 Å². The Labute approximate surface area is 140 Å². The first kappa shape index (κ1) is 22.7. The minimum absolute atomic E-state index is 0.125. The Bertz CT molecular complexity index is 334. The smallest absolute Gasteiger partial charge is 0.317 e. The van der Waals surface area contributed by atoms with Crippen molar-refractivity contribution in [1.82, 2.24) is 14.7 Å². The number of carbonyl (C=O) groups is 2. The molecule has 0 amide bonds. The molecule has 0 aromatic carbocycles. The minimum Gasteiger partial charge on any atom is -0.480 e. The highest BCUT2D eigenvalue weighted by Crippen LogP contribution is 1.94. The molecule has 24 heavy (non-hydrogen) atoms. The molecule has 0 heterocycles. The molecular weight excluding hydrogens is 326 g/mol. The molecule has 11 heteroatoms. The van der Waals surface area contributed by atoms with Crippen molar-refractivity contribution in [2.45, 2.75) is 0 Å². The molecule has 0 fully saturated rings. The SMILES string of the molecule is CN(CCN(CCOO)CCOO)CCN(CC(=O)O)CC(=O)O. The van der Waals surface area contributed by atoms with Crippen LogP contribution in [0.2, 0.25) is 0 Å². The molecule has 0 saturated heterocycles. The van der Waals surface area contributed by atoms with Crippen LogP contribution in [0, 0.1) is 0 Å². The van der Waals surface area contributed by atoms with Gasteiger partial charge in [0.25, 0.3) is 0 Å². The number of nitrogens with zero attached hydrogens (tertiary/aromatic N) is 3. The van der Waals surface area contributed by atoms with Gasteiger partial charge in [-0.05, 0) is 7.05 Å². The Morgan fingerprint density at radius 2 is 1.17 bits per heavy atom. The first-order valence-electron chi connectivity index (χ1n) is 7.48. The summed E-state index contributed by atoms with van der Waals surface area (Å²) in [7, 11) is 1.84. The summed E-state index contributed by atoms with van der Waals surface area (Å²) in [4.78, 5) is 34.7. The third kappa shape index (κ3) is 13.1. The zero-order valence-electron chi connectivity index (χ0n) is 13.8. The molecule has 0 unspecified atom stereocenters. The molecule has 4 N–H and O–H groups in total. The largest absolute Gasteiger partial charge is 0.480 e. The van der Waals surface area contributed by atoms with Crippen molar-refractivity contribution >= 4 is 11.9 Å². The van der Waals surface area contributed by atoms with E-state index in [0.717, 1.165) is 0 Å². The van der Waals surface area contributed by atoms with Crippen LogP contribution < -0.4 is 0 Å². The number of hydrogen-bond donors (Lipinski definition) is 4. The number of rotatable bonds is 16. The molecule has 0 saturated carbocycles. The summed E-state index contributed by atoms with van der Waals surface area (Å²) >= 11 is 0. The quantitative estimate of drug-likeness (QED) is 0.193. The minimum atomic E-state index is -1.07. The Kier molecular flexibility index (Phi) is 13.3. The normalized spacial score (nSPS) is 11.6. The molecule has 0 radical (unpaired) electrons. The van der Waals surface area contributed by atoms with E-state index in [4.69, 9.17) is 20.7 Å². The summed E-state index contributed by atoms with van der Waals surface area (Å²) < 4.78 is 0. The van der Waals surface area contributed by atoms with E-state index in [1.54, 1.807) is 0 Å². The van der Waals surface area contributed by atoms with Crippen LogP contribution in [-0.4, -0.2) is 120 Å². The fourth-order valence-corrected chi connectivity index (χ4v) is 2.01. The van der Waals surface area contributed by atoms with E-state index in [-0.39, 0.29) is 26.3 Å². The summed E-state index contributed by atoms with van der Waals surface area (Å²) in [5, 5.41) is 34.3. The predicted molar refractivity (Wildman–Crippen MR) is 82.8 cm³/mol. The number of carboxylic acid groups (broad SMARTS) is 2. The number of aliphatic carboxylic acids is 2. The van der Waals surface area contributed by atoms with Crippen LogP contribution in [0.4, 0.5) is 0 Å². The summed E-state index contributed by atoms with van der Waals surface area (Å²) in [6, 6.07) is 0. The molecule has 0 spiro atoms. The number of likely N-dealkylation sites (N-methyl/N-ethyl adjacent to an activating group) is 1. The molecule has 11 nitrogen and oxygen atoms in total. The van der Waals surface area contributed by atoms with Gasteiger partial charge >= 0.3 is 11.9 Å². The molecule has 0 aliphatic rings. The second-order valence-electron chi connectivity index (χ2n) is 5.31. The van der Waals surface area contributed by atoms with Crippen molar-refractivity contribution in [2.75, 3.05) is 72.6 Å². The van der Waals surface area contributed by atoms with Gasteiger partial charge in [0.1, 0.15) is 0 Å².